The minimum absolute atomic E-state index is 0.117. The second kappa shape index (κ2) is 6.73. The molecule has 130 valence electrons. The van der Waals surface area contributed by atoms with Gasteiger partial charge in [0.1, 0.15) is 5.52 Å². The van der Waals surface area contributed by atoms with Gasteiger partial charge >= 0.3 is 0 Å². The van der Waals surface area contributed by atoms with Crippen molar-refractivity contribution in [2.24, 2.45) is 7.05 Å². The number of nitrogens with one attached hydrogen (secondary N) is 2. The van der Waals surface area contributed by atoms with Crippen LogP contribution in [-0.4, -0.2) is 57.1 Å². The summed E-state index contributed by atoms with van der Waals surface area (Å²) in [7, 11) is 1.92. The average Bonchev–Trinajstić information content (AvgIpc) is 2.99. The Balaban J connectivity index is 1.70. The number of aromatic nitrogens is 5. The van der Waals surface area contributed by atoms with E-state index >= 15 is 0 Å². The van der Waals surface area contributed by atoms with Crippen molar-refractivity contribution in [3.8, 4) is 11.3 Å². The van der Waals surface area contributed by atoms with E-state index in [2.05, 4.69) is 25.7 Å². The molecule has 1 saturated heterocycles. The zero-order valence-corrected chi connectivity index (χ0v) is 14.4. The molecule has 2 N–H and O–H groups in total. The first-order valence-corrected chi connectivity index (χ1v) is 8.39. The van der Waals surface area contributed by atoms with Crippen LogP contribution >= 0.6 is 0 Å². The Hall–Kier alpha value is -2.58. The number of nitrogens with zero attached hydrogens (tertiary/aromatic N) is 5. The molecule has 0 amide bonds. The Morgan fingerprint density at radius 1 is 1.36 bits per heavy atom. The smallest absolute Gasteiger partial charge is 0.154 e. The second-order valence-corrected chi connectivity index (χ2v) is 6.13. The van der Waals surface area contributed by atoms with Gasteiger partial charge in [0, 0.05) is 50.3 Å². The van der Waals surface area contributed by atoms with Gasteiger partial charge in [-0.3, -0.25) is 9.67 Å². The van der Waals surface area contributed by atoms with E-state index < -0.39 is 0 Å². The Bertz CT molecular complexity index is 886. The van der Waals surface area contributed by atoms with Crippen LogP contribution in [0.25, 0.3) is 22.3 Å². The van der Waals surface area contributed by atoms with Crippen LogP contribution in [0, 0.1) is 6.92 Å². The molecule has 0 radical (unpaired) electrons. The molecule has 0 spiro atoms. The van der Waals surface area contributed by atoms with Crippen molar-refractivity contribution in [3.63, 3.8) is 0 Å². The largest absolute Gasteiger partial charge is 0.374 e. The highest BCUT2D eigenvalue weighted by Gasteiger charge is 2.16. The summed E-state index contributed by atoms with van der Waals surface area (Å²) >= 11 is 0. The third-order valence-corrected chi connectivity index (χ3v) is 4.47. The molecule has 8 heteroatoms. The van der Waals surface area contributed by atoms with Crippen molar-refractivity contribution in [3.05, 3.63) is 30.4 Å². The number of ether oxygens (including phenoxy) is 1. The van der Waals surface area contributed by atoms with E-state index in [1.54, 1.807) is 12.4 Å². The molecular weight excluding hydrogens is 318 g/mol. The molecule has 1 fully saturated rings. The number of pyridine rings is 1. The third-order valence-electron chi connectivity index (χ3n) is 4.47. The molecule has 3 aromatic rings. The van der Waals surface area contributed by atoms with E-state index in [4.69, 9.17) is 9.72 Å². The van der Waals surface area contributed by atoms with Crippen molar-refractivity contribution in [1.82, 2.24) is 30.0 Å². The molecule has 4 rings (SSSR count). The maximum absolute atomic E-state index is 5.75. The zero-order valence-electron chi connectivity index (χ0n) is 14.4. The molecule has 3 aromatic heterocycles. The number of rotatable bonds is 4. The molecule has 1 atom stereocenters. The highest BCUT2D eigenvalue weighted by molar-refractivity contribution is 5.88. The first-order chi connectivity index (χ1) is 12.2. The fourth-order valence-corrected chi connectivity index (χ4v) is 2.94. The maximum atomic E-state index is 5.75. The van der Waals surface area contributed by atoms with E-state index in [9.17, 15) is 0 Å². The van der Waals surface area contributed by atoms with Gasteiger partial charge in [-0.1, -0.05) is 0 Å². The van der Waals surface area contributed by atoms with Gasteiger partial charge in [0.25, 0.3) is 0 Å². The highest BCUT2D eigenvalue weighted by Crippen LogP contribution is 2.27. The molecule has 25 heavy (non-hydrogen) atoms. The third kappa shape index (κ3) is 3.18. The fraction of sp³-hybridized carbons (Fsp3) is 0.412. The molecule has 0 unspecified atom stereocenters. The van der Waals surface area contributed by atoms with E-state index in [0.29, 0.717) is 6.54 Å². The van der Waals surface area contributed by atoms with Crippen LogP contribution < -0.4 is 10.6 Å². The maximum Gasteiger partial charge on any atom is 0.154 e. The first kappa shape index (κ1) is 15.9. The van der Waals surface area contributed by atoms with Crippen LogP contribution in [0.15, 0.2) is 24.7 Å². The monoisotopic (exact) mass is 339 g/mol. The predicted octanol–water partition coefficient (Wildman–Crippen LogP) is 1.13. The summed E-state index contributed by atoms with van der Waals surface area (Å²) in [5.41, 5.74) is 4.46. The van der Waals surface area contributed by atoms with Crippen molar-refractivity contribution in [2.75, 3.05) is 31.6 Å². The lowest BCUT2D eigenvalue weighted by Gasteiger charge is -2.24. The topological polar surface area (TPSA) is 89.8 Å². The normalized spacial score (nSPS) is 17.8. The lowest BCUT2D eigenvalue weighted by atomic mass is 10.1. The number of anilines is 1. The quantitative estimate of drug-likeness (QED) is 0.736. The Kier molecular flexibility index (Phi) is 4.29. The van der Waals surface area contributed by atoms with E-state index in [1.165, 1.54) is 0 Å². The molecule has 8 nitrogen and oxygen atoms in total. The molecule has 1 aliphatic heterocycles. The van der Waals surface area contributed by atoms with Gasteiger partial charge < -0.3 is 15.4 Å². The Morgan fingerprint density at radius 3 is 3.00 bits per heavy atom. The molecule has 0 bridgehead atoms. The summed E-state index contributed by atoms with van der Waals surface area (Å²) in [6.45, 7) is 5.16. The molecule has 0 aliphatic carbocycles. The minimum Gasteiger partial charge on any atom is -0.374 e. The van der Waals surface area contributed by atoms with E-state index in [0.717, 1.165) is 53.5 Å². The van der Waals surface area contributed by atoms with Crippen LogP contribution in [-0.2, 0) is 11.8 Å². The number of hydrogen-bond acceptors (Lipinski definition) is 7. The summed E-state index contributed by atoms with van der Waals surface area (Å²) in [5, 5.41) is 11.0. The van der Waals surface area contributed by atoms with Crippen LogP contribution in [0.2, 0.25) is 0 Å². The van der Waals surface area contributed by atoms with E-state index in [-0.39, 0.29) is 6.10 Å². The lowest BCUT2D eigenvalue weighted by Crippen LogP contribution is -2.42. The molecular formula is C17H21N7O. The van der Waals surface area contributed by atoms with Crippen molar-refractivity contribution >= 4 is 16.9 Å². The first-order valence-electron chi connectivity index (χ1n) is 8.39. The van der Waals surface area contributed by atoms with Crippen LogP contribution in [0.5, 0.6) is 0 Å². The summed E-state index contributed by atoms with van der Waals surface area (Å²) in [6, 6.07) is 1.95. The van der Waals surface area contributed by atoms with Crippen molar-refractivity contribution < 1.29 is 4.74 Å². The van der Waals surface area contributed by atoms with Gasteiger partial charge in [-0.2, -0.15) is 5.10 Å². The summed E-state index contributed by atoms with van der Waals surface area (Å²) in [4.78, 5) is 13.7. The van der Waals surface area contributed by atoms with Gasteiger partial charge in [0.15, 0.2) is 5.82 Å². The van der Waals surface area contributed by atoms with Gasteiger partial charge in [-0.25, -0.2) is 9.97 Å². The highest BCUT2D eigenvalue weighted by atomic mass is 16.5. The van der Waals surface area contributed by atoms with Gasteiger partial charge in [-0.05, 0) is 13.0 Å². The summed E-state index contributed by atoms with van der Waals surface area (Å²) in [6.07, 6.45) is 5.33. The number of hydrogen-bond donors (Lipinski definition) is 2. The number of aryl methyl sites for hydroxylation is 1. The molecule has 0 saturated carbocycles. The lowest BCUT2D eigenvalue weighted by molar-refractivity contribution is 0.0372. The van der Waals surface area contributed by atoms with Crippen molar-refractivity contribution in [1.29, 1.82) is 0 Å². The number of fused-ring (bicyclic) bond motifs is 1. The number of morpholine rings is 1. The van der Waals surface area contributed by atoms with Gasteiger partial charge in [0.05, 0.1) is 30.1 Å². The van der Waals surface area contributed by atoms with Crippen LogP contribution in [0.1, 0.15) is 5.69 Å². The molecule has 0 aromatic carbocycles. The predicted molar refractivity (Wildman–Crippen MR) is 95.4 cm³/mol. The summed E-state index contributed by atoms with van der Waals surface area (Å²) < 4.78 is 7.59. The average molecular weight is 339 g/mol. The standard InChI is InChI=1S/C17H21N7O/c1-11-13(10-22-24(11)2)14-7-15-16(20-4-3-19-15)17(23-14)21-9-12-8-18-5-6-25-12/h3-4,7,10,12,18H,5-6,8-9H2,1-2H3,(H,21,23)/t12-/m1/s1. The van der Waals surface area contributed by atoms with Gasteiger partial charge in [-0.15, -0.1) is 0 Å². The van der Waals surface area contributed by atoms with Crippen molar-refractivity contribution in [2.45, 2.75) is 13.0 Å². The Labute approximate surface area is 145 Å². The second-order valence-electron chi connectivity index (χ2n) is 6.13. The van der Waals surface area contributed by atoms with E-state index in [1.807, 2.05) is 30.9 Å². The summed E-state index contributed by atoms with van der Waals surface area (Å²) in [5.74, 6) is 0.720. The van der Waals surface area contributed by atoms with Crippen LogP contribution in [0.4, 0.5) is 5.82 Å². The minimum atomic E-state index is 0.117. The van der Waals surface area contributed by atoms with Crippen LogP contribution in [0.3, 0.4) is 0 Å². The zero-order chi connectivity index (χ0) is 17.2. The molecule has 1 aliphatic rings. The van der Waals surface area contributed by atoms with Gasteiger partial charge in [0.2, 0.25) is 0 Å². The fourth-order valence-electron chi connectivity index (χ4n) is 2.94. The Morgan fingerprint density at radius 2 is 2.24 bits per heavy atom. The SMILES string of the molecule is Cc1c(-c2cc3nccnc3c(NC[C@H]3CNCCO3)n2)cnn1C. The molecule has 4 heterocycles.